The van der Waals surface area contributed by atoms with Crippen molar-refractivity contribution in [1.82, 2.24) is 10.3 Å². The highest BCUT2D eigenvalue weighted by molar-refractivity contribution is 5.99. The molecule has 0 aliphatic carbocycles. The topological polar surface area (TPSA) is 120 Å². The van der Waals surface area contributed by atoms with Crippen molar-refractivity contribution in [1.29, 1.82) is 0 Å². The maximum Gasteiger partial charge on any atom is 0.288 e. The van der Waals surface area contributed by atoms with Crippen LogP contribution in [-0.2, 0) is 4.74 Å². The number of carbonyl (C=O) groups is 1. The van der Waals surface area contributed by atoms with Gasteiger partial charge in [0.25, 0.3) is 11.6 Å². The number of carbonyl (C=O) groups excluding carboxylic acids is 1. The number of ether oxygens (including phenoxy) is 1. The van der Waals surface area contributed by atoms with Crippen molar-refractivity contribution in [3.63, 3.8) is 0 Å². The molecule has 8 heteroatoms. The molecule has 104 valence electrons. The van der Waals surface area contributed by atoms with Crippen LogP contribution in [0.4, 0.5) is 11.5 Å². The van der Waals surface area contributed by atoms with E-state index in [1.165, 1.54) is 0 Å². The number of pyridine rings is 1. The molecule has 0 saturated heterocycles. The van der Waals surface area contributed by atoms with E-state index < -0.39 is 10.8 Å². The number of nitrogens with zero attached hydrogens (tertiary/aromatic N) is 2. The number of amides is 1. The van der Waals surface area contributed by atoms with E-state index in [9.17, 15) is 14.9 Å². The van der Waals surface area contributed by atoms with Crippen LogP contribution in [0, 0.1) is 10.1 Å². The van der Waals surface area contributed by atoms with Crippen LogP contribution < -0.4 is 11.1 Å². The molecule has 0 spiro atoms. The summed E-state index contributed by atoms with van der Waals surface area (Å²) in [6, 6.07) is 0.979. The lowest BCUT2D eigenvalue weighted by Crippen LogP contribution is -2.34. The van der Waals surface area contributed by atoms with Crippen molar-refractivity contribution in [3.8, 4) is 0 Å². The molecule has 1 rings (SSSR count). The average molecular weight is 268 g/mol. The molecule has 1 amide bonds. The number of methoxy groups -OCH3 is 1. The molecule has 0 aromatic carbocycles. The van der Waals surface area contributed by atoms with E-state index in [4.69, 9.17) is 10.5 Å². The number of hydrogen-bond acceptors (Lipinski definition) is 6. The van der Waals surface area contributed by atoms with Crippen molar-refractivity contribution >= 4 is 17.4 Å². The molecule has 0 saturated carbocycles. The fraction of sp³-hybridized carbons (Fsp3) is 0.455. The lowest BCUT2D eigenvalue weighted by molar-refractivity contribution is -0.385. The van der Waals surface area contributed by atoms with E-state index >= 15 is 0 Å². The number of nitrogen functional groups attached to an aromatic ring is 1. The van der Waals surface area contributed by atoms with Gasteiger partial charge in [-0.2, -0.15) is 0 Å². The molecule has 1 unspecified atom stereocenters. The van der Waals surface area contributed by atoms with Crippen molar-refractivity contribution in [2.45, 2.75) is 19.4 Å². The predicted molar refractivity (Wildman–Crippen MR) is 68.7 cm³/mol. The Kier molecular flexibility index (Phi) is 5.19. The van der Waals surface area contributed by atoms with E-state index in [0.717, 1.165) is 12.3 Å². The van der Waals surface area contributed by atoms with Crippen LogP contribution in [0.15, 0.2) is 12.3 Å². The van der Waals surface area contributed by atoms with Gasteiger partial charge in [0.1, 0.15) is 12.0 Å². The number of rotatable bonds is 6. The zero-order valence-electron chi connectivity index (χ0n) is 10.8. The van der Waals surface area contributed by atoms with Gasteiger partial charge in [-0.25, -0.2) is 4.98 Å². The van der Waals surface area contributed by atoms with Crippen molar-refractivity contribution < 1.29 is 14.5 Å². The third-order valence-corrected chi connectivity index (χ3v) is 2.49. The minimum atomic E-state index is -0.627. The Morgan fingerprint density at radius 1 is 1.68 bits per heavy atom. The minimum absolute atomic E-state index is 0.00142. The Morgan fingerprint density at radius 2 is 2.37 bits per heavy atom. The highest BCUT2D eigenvalue weighted by Gasteiger charge is 2.17. The molecule has 19 heavy (non-hydrogen) atoms. The van der Waals surface area contributed by atoms with Crippen LogP contribution in [0.1, 0.15) is 23.7 Å². The van der Waals surface area contributed by atoms with E-state index in [-0.39, 0.29) is 23.1 Å². The molecule has 0 bridgehead atoms. The van der Waals surface area contributed by atoms with Gasteiger partial charge < -0.3 is 15.8 Å². The molecule has 3 N–H and O–H groups in total. The standard InChI is InChI=1S/C11H16N4O4/c1-7(3-4-19-2)14-11(16)9-5-8(15(17)18)6-13-10(9)12/h5-7H,3-4H2,1-2H3,(H2,12,13)(H,14,16). The quantitative estimate of drug-likeness (QED) is 0.579. The molecule has 0 fully saturated rings. The largest absolute Gasteiger partial charge is 0.385 e. The second kappa shape index (κ2) is 6.64. The van der Waals surface area contributed by atoms with E-state index in [0.29, 0.717) is 13.0 Å². The summed E-state index contributed by atoms with van der Waals surface area (Å²) in [6.45, 7) is 2.31. The number of anilines is 1. The van der Waals surface area contributed by atoms with Gasteiger partial charge in [-0.05, 0) is 13.3 Å². The number of nitro groups is 1. The summed E-state index contributed by atoms with van der Waals surface area (Å²) in [5.74, 6) is -0.528. The summed E-state index contributed by atoms with van der Waals surface area (Å²) >= 11 is 0. The second-order valence-corrected chi connectivity index (χ2v) is 4.04. The Hall–Kier alpha value is -2.22. The molecule has 8 nitrogen and oxygen atoms in total. The summed E-state index contributed by atoms with van der Waals surface area (Å²) in [4.78, 5) is 25.6. The molecular formula is C11H16N4O4. The Labute approximate surface area is 110 Å². The lowest BCUT2D eigenvalue weighted by Gasteiger charge is -2.13. The van der Waals surface area contributed by atoms with Gasteiger partial charge in [-0.3, -0.25) is 14.9 Å². The van der Waals surface area contributed by atoms with Gasteiger partial charge in [0.2, 0.25) is 0 Å². The third-order valence-electron chi connectivity index (χ3n) is 2.49. The summed E-state index contributed by atoms with van der Waals surface area (Å²) in [5.41, 5.74) is 5.27. The van der Waals surface area contributed by atoms with Crippen LogP contribution in [0.25, 0.3) is 0 Å². The molecule has 1 atom stereocenters. The molecule has 0 aliphatic rings. The number of hydrogen-bond donors (Lipinski definition) is 2. The lowest BCUT2D eigenvalue weighted by atomic mass is 10.2. The fourth-order valence-electron chi connectivity index (χ4n) is 1.41. The third kappa shape index (κ3) is 4.18. The maximum atomic E-state index is 11.9. The van der Waals surface area contributed by atoms with Gasteiger partial charge in [-0.15, -0.1) is 0 Å². The fourth-order valence-corrected chi connectivity index (χ4v) is 1.41. The van der Waals surface area contributed by atoms with Crippen LogP contribution in [0.5, 0.6) is 0 Å². The highest BCUT2D eigenvalue weighted by Crippen LogP contribution is 2.16. The Bertz CT molecular complexity index is 478. The number of aromatic nitrogens is 1. The van der Waals surface area contributed by atoms with Gasteiger partial charge in [-0.1, -0.05) is 0 Å². The number of nitrogens with one attached hydrogen (secondary N) is 1. The summed E-state index contributed by atoms with van der Waals surface area (Å²) < 4.78 is 4.90. The monoisotopic (exact) mass is 268 g/mol. The van der Waals surface area contributed by atoms with E-state index in [2.05, 4.69) is 10.3 Å². The molecular weight excluding hydrogens is 252 g/mol. The molecule has 0 radical (unpaired) electrons. The Balaban J connectivity index is 2.81. The summed E-state index contributed by atoms with van der Waals surface area (Å²) in [5, 5.41) is 13.3. The first-order valence-electron chi connectivity index (χ1n) is 5.65. The molecule has 0 aliphatic heterocycles. The average Bonchev–Trinajstić information content (AvgIpc) is 2.36. The van der Waals surface area contributed by atoms with E-state index in [1.807, 2.05) is 0 Å². The molecule has 1 aromatic heterocycles. The summed E-state index contributed by atoms with van der Waals surface area (Å²) in [6.07, 6.45) is 1.64. The van der Waals surface area contributed by atoms with Gasteiger partial charge in [0, 0.05) is 25.8 Å². The first-order valence-corrected chi connectivity index (χ1v) is 5.65. The first-order chi connectivity index (χ1) is 8.95. The smallest absolute Gasteiger partial charge is 0.288 e. The van der Waals surface area contributed by atoms with Crippen molar-refractivity contribution in [2.24, 2.45) is 0 Å². The van der Waals surface area contributed by atoms with Crippen molar-refractivity contribution in [3.05, 3.63) is 27.9 Å². The zero-order valence-corrected chi connectivity index (χ0v) is 10.8. The van der Waals surface area contributed by atoms with Crippen molar-refractivity contribution in [2.75, 3.05) is 19.5 Å². The highest BCUT2D eigenvalue weighted by atomic mass is 16.6. The maximum absolute atomic E-state index is 11.9. The molecule has 1 heterocycles. The van der Waals surface area contributed by atoms with Crippen LogP contribution in [0.2, 0.25) is 0 Å². The first kappa shape index (κ1) is 14.8. The van der Waals surface area contributed by atoms with Gasteiger partial charge in [0.05, 0.1) is 10.5 Å². The van der Waals surface area contributed by atoms with Crippen LogP contribution in [-0.4, -0.2) is 35.6 Å². The minimum Gasteiger partial charge on any atom is -0.385 e. The van der Waals surface area contributed by atoms with E-state index in [1.54, 1.807) is 14.0 Å². The van der Waals surface area contributed by atoms with Crippen LogP contribution in [0.3, 0.4) is 0 Å². The normalized spacial score (nSPS) is 11.9. The van der Waals surface area contributed by atoms with Crippen LogP contribution >= 0.6 is 0 Å². The SMILES string of the molecule is COCCC(C)NC(=O)c1cc([N+](=O)[O-])cnc1N. The Morgan fingerprint density at radius 3 is 2.95 bits per heavy atom. The van der Waals surface area contributed by atoms with Gasteiger partial charge in [0.15, 0.2) is 0 Å². The zero-order chi connectivity index (χ0) is 14.4. The number of nitrogens with two attached hydrogens (primary N) is 1. The predicted octanol–water partition coefficient (Wildman–Crippen LogP) is 0.727. The summed E-state index contributed by atoms with van der Waals surface area (Å²) in [7, 11) is 1.57. The molecule has 1 aromatic rings. The second-order valence-electron chi connectivity index (χ2n) is 4.04. The van der Waals surface area contributed by atoms with Gasteiger partial charge >= 0.3 is 0 Å².